The largest absolute Gasteiger partial charge is 0.250 e. The number of nitrogens with zero attached hydrogens (tertiary/aromatic N) is 2. The van der Waals surface area contributed by atoms with Crippen molar-refractivity contribution in [2.45, 2.75) is 6.04 Å². The lowest BCUT2D eigenvalue weighted by Crippen LogP contribution is -2.41. The third kappa shape index (κ3) is 4.60. The Hall–Kier alpha value is -4.40. The first kappa shape index (κ1) is 23.0. The number of benzene rings is 5. The summed E-state index contributed by atoms with van der Waals surface area (Å²) in [7, 11) is 0. The molecule has 178 valence electrons. The molecule has 5 aromatic carbocycles. The van der Waals surface area contributed by atoms with Crippen LogP contribution in [0, 0.1) is 0 Å². The summed E-state index contributed by atoms with van der Waals surface area (Å²) in [6.07, 6.45) is 2.24. The van der Waals surface area contributed by atoms with E-state index in [-0.39, 0.29) is 6.04 Å². The van der Waals surface area contributed by atoms with Gasteiger partial charge in [0.2, 0.25) is 0 Å². The third-order valence-corrected chi connectivity index (χ3v) is 6.92. The van der Waals surface area contributed by atoms with E-state index >= 15 is 0 Å². The summed E-state index contributed by atoms with van der Waals surface area (Å²) in [5.74, 6) is 0. The van der Waals surface area contributed by atoms with Gasteiger partial charge in [-0.1, -0.05) is 121 Å². The van der Waals surface area contributed by atoms with Crippen LogP contribution in [0.1, 0.15) is 17.2 Å². The number of aromatic nitrogens is 2. The fourth-order valence-corrected chi connectivity index (χ4v) is 5.13. The van der Waals surface area contributed by atoms with Gasteiger partial charge < -0.3 is 0 Å². The number of rotatable bonds is 6. The molecule has 0 fully saturated rings. The first-order valence-electron chi connectivity index (χ1n) is 12.4. The van der Waals surface area contributed by atoms with E-state index in [1.807, 2.05) is 12.1 Å². The molecule has 0 aliphatic heterocycles. The Balaban J connectivity index is 1.72. The summed E-state index contributed by atoms with van der Waals surface area (Å²) in [5.41, 5.74) is 8.07. The lowest BCUT2D eigenvalue weighted by molar-refractivity contribution is -0.693. The molecule has 0 saturated carbocycles. The van der Waals surface area contributed by atoms with Crippen molar-refractivity contribution in [3.8, 4) is 28.2 Å². The Bertz CT molecular complexity index is 1550. The molecule has 1 heterocycles. The van der Waals surface area contributed by atoms with Crippen molar-refractivity contribution in [2.75, 3.05) is 0 Å². The summed E-state index contributed by atoms with van der Waals surface area (Å²) in [6.45, 7) is 0. The lowest BCUT2D eigenvalue weighted by atomic mass is 9.96. The zero-order valence-electron chi connectivity index (χ0n) is 20.3. The first-order valence-corrected chi connectivity index (χ1v) is 12.8. The minimum Gasteiger partial charge on any atom is -0.218 e. The molecule has 37 heavy (non-hydrogen) atoms. The van der Waals surface area contributed by atoms with Crippen LogP contribution in [0.25, 0.3) is 28.2 Å². The molecule has 0 N–H and O–H groups in total. The maximum atomic E-state index is 6.32. The number of halogens is 1. The highest BCUT2D eigenvalue weighted by molar-refractivity contribution is 6.30. The van der Waals surface area contributed by atoms with Crippen molar-refractivity contribution in [3.05, 3.63) is 168 Å². The second kappa shape index (κ2) is 10.3. The molecule has 0 spiro atoms. The van der Waals surface area contributed by atoms with Crippen molar-refractivity contribution >= 4 is 11.6 Å². The molecule has 3 heteroatoms. The summed E-state index contributed by atoms with van der Waals surface area (Å²) in [5, 5.41) is 0.724. The van der Waals surface area contributed by atoms with Crippen LogP contribution in [0.2, 0.25) is 5.02 Å². The Morgan fingerprint density at radius 2 is 1.00 bits per heavy atom. The molecule has 0 radical (unpaired) electrons. The summed E-state index contributed by atoms with van der Waals surface area (Å²) in [4.78, 5) is 0. The highest BCUT2D eigenvalue weighted by Crippen LogP contribution is 2.36. The molecular formula is C34H26ClN2+. The molecule has 2 nitrogen and oxygen atoms in total. The normalized spacial score (nSPS) is 11.1. The zero-order valence-corrected chi connectivity index (χ0v) is 21.0. The third-order valence-electron chi connectivity index (χ3n) is 6.67. The van der Waals surface area contributed by atoms with Crippen molar-refractivity contribution in [3.63, 3.8) is 0 Å². The van der Waals surface area contributed by atoms with E-state index in [4.69, 9.17) is 11.6 Å². The molecular weight excluding hydrogens is 472 g/mol. The van der Waals surface area contributed by atoms with E-state index in [2.05, 4.69) is 149 Å². The number of hydrogen-bond acceptors (Lipinski definition) is 0. The Morgan fingerprint density at radius 3 is 1.54 bits per heavy atom. The Kier molecular flexibility index (Phi) is 6.41. The van der Waals surface area contributed by atoms with Crippen LogP contribution in [0.3, 0.4) is 0 Å². The molecule has 0 saturated heterocycles. The summed E-state index contributed by atoms with van der Waals surface area (Å²) < 4.78 is 4.71. The van der Waals surface area contributed by atoms with E-state index in [0.717, 1.165) is 33.2 Å². The standard InChI is InChI=1S/C34H26ClN2/c35-30-23-21-29(22-24-30)33-34(28-17-9-3-10-18-28)37(25-36(33)31-19-11-4-12-20-31)32(26-13-5-1-6-14-26)27-15-7-2-8-16-27/h1-25,32H/q+1. The average Bonchev–Trinajstić information content (AvgIpc) is 3.36. The maximum Gasteiger partial charge on any atom is 0.250 e. The van der Waals surface area contributed by atoms with Gasteiger partial charge >= 0.3 is 0 Å². The van der Waals surface area contributed by atoms with Crippen molar-refractivity contribution in [2.24, 2.45) is 0 Å². The van der Waals surface area contributed by atoms with Crippen LogP contribution in [0.5, 0.6) is 0 Å². The van der Waals surface area contributed by atoms with Crippen molar-refractivity contribution in [1.82, 2.24) is 4.57 Å². The smallest absolute Gasteiger partial charge is 0.218 e. The van der Waals surface area contributed by atoms with Gasteiger partial charge in [0.1, 0.15) is 5.69 Å². The minimum atomic E-state index is -0.0198. The van der Waals surface area contributed by atoms with Crippen LogP contribution in [-0.2, 0) is 0 Å². The second-order valence-electron chi connectivity index (χ2n) is 9.02. The lowest BCUT2D eigenvalue weighted by Gasteiger charge is -2.17. The second-order valence-corrected chi connectivity index (χ2v) is 9.46. The van der Waals surface area contributed by atoms with E-state index in [1.165, 1.54) is 11.1 Å². The molecule has 6 aromatic rings. The predicted octanol–water partition coefficient (Wildman–Crippen LogP) is 8.39. The Labute approximate surface area is 222 Å². The molecule has 0 aliphatic rings. The number of imidazole rings is 1. The van der Waals surface area contributed by atoms with E-state index in [9.17, 15) is 0 Å². The number of hydrogen-bond donors (Lipinski definition) is 0. The molecule has 0 aliphatic carbocycles. The van der Waals surface area contributed by atoms with Crippen LogP contribution in [0.15, 0.2) is 152 Å². The van der Waals surface area contributed by atoms with Crippen LogP contribution < -0.4 is 4.57 Å². The number of para-hydroxylation sites is 1. The molecule has 0 amide bonds. The predicted molar refractivity (Wildman–Crippen MR) is 152 cm³/mol. The fourth-order valence-electron chi connectivity index (χ4n) is 5.01. The molecule has 6 rings (SSSR count). The maximum absolute atomic E-state index is 6.32. The fraction of sp³-hybridized carbons (Fsp3) is 0.0294. The average molecular weight is 498 g/mol. The minimum absolute atomic E-state index is 0.0198. The van der Waals surface area contributed by atoms with E-state index in [0.29, 0.717) is 0 Å². The quantitative estimate of drug-likeness (QED) is 0.204. The van der Waals surface area contributed by atoms with Crippen molar-refractivity contribution in [1.29, 1.82) is 0 Å². The summed E-state index contributed by atoms with van der Waals surface area (Å²) >= 11 is 6.32. The van der Waals surface area contributed by atoms with Gasteiger partial charge in [-0.25, -0.2) is 4.57 Å². The van der Waals surface area contributed by atoms with Gasteiger partial charge in [-0.2, -0.15) is 4.57 Å². The van der Waals surface area contributed by atoms with Gasteiger partial charge in [-0.05, 0) is 36.4 Å². The van der Waals surface area contributed by atoms with Gasteiger partial charge in [0.15, 0.2) is 17.4 Å². The van der Waals surface area contributed by atoms with Crippen molar-refractivity contribution < 1.29 is 4.57 Å². The van der Waals surface area contributed by atoms with Gasteiger partial charge in [-0.3, -0.25) is 0 Å². The monoisotopic (exact) mass is 497 g/mol. The van der Waals surface area contributed by atoms with E-state index < -0.39 is 0 Å². The zero-order chi connectivity index (χ0) is 25.0. The molecule has 0 atom stereocenters. The topological polar surface area (TPSA) is 8.81 Å². The van der Waals surface area contributed by atoms with Gasteiger partial charge in [0.25, 0.3) is 6.33 Å². The Morgan fingerprint density at radius 1 is 0.514 bits per heavy atom. The van der Waals surface area contributed by atoms with Crippen LogP contribution >= 0.6 is 11.6 Å². The highest BCUT2D eigenvalue weighted by Gasteiger charge is 2.33. The van der Waals surface area contributed by atoms with Crippen LogP contribution in [0.4, 0.5) is 0 Å². The summed E-state index contributed by atoms with van der Waals surface area (Å²) in [6, 6.07) is 50.7. The molecule has 0 bridgehead atoms. The van der Waals surface area contributed by atoms with Crippen LogP contribution in [-0.4, -0.2) is 4.57 Å². The van der Waals surface area contributed by atoms with Gasteiger partial charge in [0, 0.05) is 27.3 Å². The van der Waals surface area contributed by atoms with Gasteiger partial charge in [0.05, 0.1) is 0 Å². The molecule has 1 aromatic heterocycles. The first-order chi connectivity index (χ1) is 18.3. The van der Waals surface area contributed by atoms with E-state index in [1.54, 1.807) is 0 Å². The highest BCUT2D eigenvalue weighted by atomic mass is 35.5. The van der Waals surface area contributed by atoms with Gasteiger partial charge in [-0.15, -0.1) is 0 Å². The molecule has 0 unspecified atom stereocenters. The SMILES string of the molecule is Clc1ccc(-c2c(-c3ccccc3)[n+](C(c3ccccc3)c3ccccc3)cn2-c2ccccc2)cc1.